The molecule has 1 aromatic rings. The summed E-state index contributed by atoms with van der Waals surface area (Å²) in [7, 11) is 0. The summed E-state index contributed by atoms with van der Waals surface area (Å²) in [6.07, 6.45) is 0.225. The van der Waals surface area contributed by atoms with Gasteiger partial charge in [-0.25, -0.2) is 0 Å². The number of ether oxygens (including phenoxy) is 12. The molecule has 1 rings (SSSR count). The molecule has 0 bridgehead atoms. The van der Waals surface area contributed by atoms with Gasteiger partial charge in [-0.1, -0.05) is 0 Å². The van der Waals surface area contributed by atoms with Gasteiger partial charge in [0.25, 0.3) is 5.69 Å². The van der Waals surface area contributed by atoms with Gasteiger partial charge in [0, 0.05) is 12.1 Å². The van der Waals surface area contributed by atoms with Crippen molar-refractivity contribution in [2.75, 3.05) is 145 Å². The number of nitrogens with zero attached hydrogens (tertiary/aromatic N) is 1. The number of hydrogen-bond donors (Lipinski definition) is 0. The number of rotatable bonds is 36. The van der Waals surface area contributed by atoms with Crippen LogP contribution < -0.4 is 4.74 Å². The third kappa shape index (κ3) is 29.4. The lowest BCUT2D eigenvalue weighted by Crippen LogP contribution is -2.15. The molecule has 0 saturated heterocycles. The Morgan fingerprint density at radius 3 is 0.978 bits per heavy atom. The summed E-state index contributed by atoms with van der Waals surface area (Å²) in [6, 6.07) is 5.91. The number of hydrogen-bond acceptors (Lipinski definition) is 14. The quantitative estimate of drug-likeness (QED) is 0.0586. The zero-order valence-corrected chi connectivity index (χ0v) is 27.6. The average molecular weight is 666 g/mol. The summed E-state index contributed by atoms with van der Waals surface area (Å²) in [4.78, 5) is 10.2. The third-order valence-corrected chi connectivity index (χ3v) is 5.57. The molecule has 0 radical (unpaired) electrons. The monoisotopic (exact) mass is 665 g/mol. The highest BCUT2D eigenvalue weighted by Gasteiger charge is 2.04. The van der Waals surface area contributed by atoms with Crippen molar-refractivity contribution >= 4 is 5.69 Å². The molecule has 1 aromatic carbocycles. The van der Waals surface area contributed by atoms with Gasteiger partial charge in [-0.3, -0.25) is 10.1 Å². The molecule has 0 aromatic heterocycles. The van der Waals surface area contributed by atoms with Crippen LogP contribution >= 0.6 is 0 Å². The lowest BCUT2D eigenvalue weighted by atomic mass is 10.3. The molecule has 0 amide bonds. The first kappa shape index (κ1) is 42.0. The second kappa shape index (κ2) is 32.9. The summed E-state index contributed by atoms with van der Waals surface area (Å²) < 4.78 is 65.3. The Labute approximate surface area is 273 Å². The number of non-ortho nitro benzene ring substituents is 1. The van der Waals surface area contributed by atoms with E-state index in [0.29, 0.717) is 151 Å². The second-order valence-electron chi connectivity index (χ2n) is 9.64. The van der Waals surface area contributed by atoms with Crippen LogP contribution in [-0.2, 0) is 52.1 Å². The minimum absolute atomic E-state index is 0.0258. The highest BCUT2D eigenvalue weighted by atomic mass is 16.6. The molecular formula is C31H55NO14. The molecule has 0 saturated carbocycles. The van der Waals surface area contributed by atoms with Crippen molar-refractivity contribution in [3.8, 4) is 5.75 Å². The van der Waals surface area contributed by atoms with Crippen molar-refractivity contribution in [3.63, 3.8) is 0 Å². The van der Waals surface area contributed by atoms with E-state index in [2.05, 4.69) is 0 Å². The number of benzene rings is 1. The first-order valence-corrected chi connectivity index (χ1v) is 15.9. The Bertz CT molecular complexity index is 787. The van der Waals surface area contributed by atoms with Crippen LogP contribution in [0.25, 0.3) is 0 Å². The first-order valence-electron chi connectivity index (χ1n) is 15.9. The number of nitro benzene ring substituents is 1. The molecule has 46 heavy (non-hydrogen) atoms. The van der Waals surface area contributed by atoms with Crippen molar-refractivity contribution in [2.24, 2.45) is 0 Å². The van der Waals surface area contributed by atoms with Gasteiger partial charge in [0.1, 0.15) is 12.4 Å². The predicted octanol–water partition coefficient (Wildman–Crippen LogP) is 2.56. The molecule has 15 heteroatoms. The maximum absolute atomic E-state index is 10.6. The van der Waals surface area contributed by atoms with Gasteiger partial charge < -0.3 is 56.8 Å². The predicted molar refractivity (Wildman–Crippen MR) is 168 cm³/mol. The Morgan fingerprint density at radius 2 is 0.717 bits per heavy atom. The minimum Gasteiger partial charge on any atom is -0.491 e. The normalized spacial score (nSPS) is 11.5. The molecule has 0 unspecified atom stereocenters. The zero-order valence-electron chi connectivity index (χ0n) is 27.6. The Balaban J connectivity index is 1.65. The molecule has 0 aliphatic heterocycles. The van der Waals surface area contributed by atoms with E-state index in [-0.39, 0.29) is 11.8 Å². The van der Waals surface area contributed by atoms with Gasteiger partial charge >= 0.3 is 0 Å². The maximum Gasteiger partial charge on any atom is 0.269 e. The van der Waals surface area contributed by atoms with E-state index >= 15 is 0 Å². The van der Waals surface area contributed by atoms with E-state index in [0.717, 1.165) is 0 Å². The van der Waals surface area contributed by atoms with Gasteiger partial charge in [0.05, 0.1) is 150 Å². The SMILES string of the molecule is CC(C)OCCOCCOCCOCCOCCOCCOCCOCCOCCOCCOCCOc1ccc([N+](=O)[O-])cc1. The fraction of sp³-hybridized carbons (Fsp3) is 0.806. The van der Waals surface area contributed by atoms with Crippen LogP contribution in [0.4, 0.5) is 5.69 Å². The molecule has 0 N–H and O–H groups in total. The fourth-order valence-corrected chi connectivity index (χ4v) is 3.31. The minimum atomic E-state index is -0.452. The summed E-state index contributed by atoms with van der Waals surface area (Å²) in [6.45, 7) is 14.8. The Morgan fingerprint density at radius 1 is 0.457 bits per heavy atom. The molecule has 268 valence electrons. The summed E-state index contributed by atoms with van der Waals surface area (Å²) >= 11 is 0. The van der Waals surface area contributed by atoms with E-state index in [1.54, 1.807) is 12.1 Å². The summed E-state index contributed by atoms with van der Waals surface area (Å²) in [5.74, 6) is 0.556. The molecule has 0 atom stereocenters. The largest absolute Gasteiger partial charge is 0.491 e. The molecule has 15 nitrogen and oxygen atoms in total. The highest BCUT2D eigenvalue weighted by molar-refractivity contribution is 5.35. The van der Waals surface area contributed by atoms with Gasteiger partial charge in [-0.05, 0) is 26.0 Å². The molecule has 0 heterocycles. The zero-order chi connectivity index (χ0) is 33.2. The van der Waals surface area contributed by atoms with Gasteiger partial charge in [0.15, 0.2) is 0 Å². The van der Waals surface area contributed by atoms with Crippen LogP contribution in [0.3, 0.4) is 0 Å². The van der Waals surface area contributed by atoms with E-state index in [1.165, 1.54) is 12.1 Å². The smallest absolute Gasteiger partial charge is 0.269 e. The lowest BCUT2D eigenvalue weighted by Gasteiger charge is -2.09. The van der Waals surface area contributed by atoms with E-state index in [9.17, 15) is 10.1 Å². The van der Waals surface area contributed by atoms with Crippen LogP contribution in [0.5, 0.6) is 5.75 Å². The topological polar surface area (TPSA) is 154 Å². The van der Waals surface area contributed by atoms with E-state index < -0.39 is 4.92 Å². The number of nitro groups is 1. The van der Waals surface area contributed by atoms with Crippen LogP contribution in [-0.4, -0.2) is 156 Å². The third-order valence-electron chi connectivity index (χ3n) is 5.57. The Kier molecular flexibility index (Phi) is 30.0. The summed E-state index contributed by atoms with van der Waals surface area (Å²) in [5, 5.41) is 10.6. The molecule has 0 spiro atoms. The second-order valence-corrected chi connectivity index (χ2v) is 9.64. The summed E-state index contributed by atoms with van der Waals surface area (Å²) in [5.41, 5.74) is 0.0258. The van der Waals surface area contributed by atoms with Crippen molar-refractivity contribution < 1.29 is 61.8 Å². The lowest BCUT2D eigenvalue weighted by molar-refractivity contribution is -0.384. The van der Waals surface area contributed by atoms with Crippen LogP contribution in [0.2, 0.25) is 0 Å². The average Bonchev–Trinajstić information content (AvgIpc) is 3.05. The van der Waals surface area contributed by atoms with Crippen LogP contribution in [0.1, 0.15) is 13.8 Å². The highest BCUT2D eigenvalue weighted by Crippen LogP contribution is 2.17. The molecule has 0 aliphatic rings. The van der Waals surface area contributed by atoms with Crippen molar-refractivity contribution in [2.45, 2.75) is 20.0 Å². The van der Waals surface area contributed by atoms with E-state index in [4.69, 9.17) is 56.8 Å². The van der Waals surface area contributed by atoms with Crippen molar-refractivity contribution in [1.29, 1.82) is 0 Å². The van der Waals surface area contributed by atoms with Crippen molar-refractivity contribution in [1.82, 2.24) is 0 Å². The van der Waals surface area contributed by atoms with Gasteiger partial charge in [-0.2, -0.15) is 0 Å². The molecule has 0 aliphatic carbocycles. The van der Waals surface area contributed by atoms with Crippen LogP contribution in [0.15, 0.2) is 24.3 Å². The van der Waals surface area contributed by atoms with Gasteiger partial charge in [-0.15, -0.1) is 0 Å². The van der Waals surface area contributed by atoms with Crippen LogP contribution in [0, 0.1) is 10.1 Å². The molecular weight excluding hydrogens is 610 g/mol. The standard InChI is InChI=1S/C31H55NO14/c1-29(2)45-27-25-43-23-21-41-19-17-39-15-13-37-11-9-35-7-8-36-10-12-38-14-16-40-18-20-42-22-24-44-26-28-46-31-5-3-30(4-6-31)32(33)34/h3-6,29H,7-28H2,1-2H3. The van der Waals surface area contributed by atoms with E-state index in [1.807, 2.05) is 13.8 Å². The Hall–Kier alpha value is -2.02. The first-order chi connectivity index (χ1) is 22.6. The maximum atomic E-state index is 10.6. The molecule has 0 fully saturated rings. The van der Waals surface area contributed by atoms with Crippen molar-refractivity contribution in [3.05, 3.63) is 34.4 Å². The van der Waals surface area contributed by atoms with Gasteiger partial charge in [0.2, 0.25) is 0 Å². The fourth-order valence-electron chi connectivity index (χ4n) is 3.31.